The van der Waals surface area contributed by atoms with E-state index in [1.165, 1.54) is 0 Å². The summed E-state index contributed by atoms with van der Waals surface area (Å²) in [6, 6.07) is 0. The maximum atomic E-state index is 11.2. The summed E-state index contributed by atoms with van der Waals surface area (Å²) >= 11 is 5.78. The van der Waals surface area contributed by atoms with E-state index >= 15 is 0 Å². The molecule has 0 amide bonds. The van der Waals surface area contributed by atoms with Crippen LogP contribution in [0.15, 0.2) is 0 Å². The van der Waals surface area contributed by atoms with E-state index in [1.807, 2.05) is 0 Å². The minimum absolute atomic E-state index is 0.256. The van der Waals surface area contributed by atoms with Gasteiger partial charge in [0.2, 0.25) is 0 Å². The summed E-state index contributed by atoms with van der Waals surface area (Å²) in [5.74, 6) is 1.72. The molecule has 2 nitrogen and oxygen atoms in total. The number of halogens is 1. The molecule has 0 saturated carbocycles. The molecule has 0 radical (unpaired) electrons. The molecule has 86 valence electrons. The Balaban J connectivity index is 3.71. The van der Waals surface area contributed by atoms with Crippen molar-refractivity contribution in [3.63, 3.8) is 0 Å². The van der Waals surface area contributed by atoms with Crippen LogP contribution in [0, 0.1) is 5.92 Å². The van der Waals surface area contributed by atoms with Gasteiger partial charge in [-0.15, -0.1) is 11.6 Å². The Morgan fingerprint density at radius 2 is 1.86 bits per heavy atom. The van der Waals surface area contributed by atoms with Gasteiger partial charge in [-0.05, 0) is 25.2 Å². The van der Waals surface area contributed by atoms with Crippen LogP contribution < -0.4 is 0 Å². The molecule has 4 heteroatoms. The Kier molecular flexibility index (Phi) is 7.65. The average Bonchev–Trinajstić information content (AvgIpc) is 2.16. The van der Waals surface area contributed by atoms with Crippen LogP contribution in [0.4, 0.5) is 0 Å². The zero-order chi connectivity index (χ0) is 11.0. The summed E-state index contributed by atoms with van der Waals surface area (Å²) in [4.78, 5) is 0. The molecule has 1 unspecified atom stereocenters. The smallest absolute Gasteiger partial charge is 0.150 e. The lowest BCUT2D eigenvalue weighted by molar-refractivity contribution is 0.484. The predicted molar refractivity (Wildman–Crippen MR) is 62.7 cm³/mol. The second kappa shape index (κ2) is 7.52. The Bertz CT molecular complexity index is 224. The van der Waals surface area contributed by atoms with Crippen LogP contribution in [-0.4, -0.2) is 25.8 Å². The first kappa shape index (κ1) is 14.2. The van der Waals surface area contributed by atoms with E-state index in [-0.39, 0.29) is 5.75 Å². The number of sulfone groups is 1. The average molecular weight is 241 g/mol. The largest absolute Gasteiger partial charge is 0.229 e. The van der Waals surface area contributed by atoms with Gasteiger partial charge in [0.15, 0.2) is 0 Å². The van der Waals surface area contributed by atoms with Gasteiger partial charge in [0.05, 0.1) is 5.75 Å². The summed E-state index contributed by atoms with van der Waals surface area (Å²) in [7, 11) is -2.78. The SMILES string of the molecule is CCCC(CCl)CCCS(=O)(=O)CC. The Labute approximate surface area is 93.0 Å². The lowest BCUT2D eigenvalue weighted by Gasteiger charge is -2.11. The van der Waals surface area contributed by atoms with Gasteiger partial charge >= 0.3 is 0 Å². The van der Waals surface area contributed by atoms with E-state index in [0.29, 0.717) is 17.6 Å². The van der Waals surface area contributed by atoms with Crippen molar-refractivity contribution in [3.05, 3.63) is 0 Å². The van der Waals surface area contributed by atoms with E-state index in [1.54, 1.807) is 6.92 Å². The molecule has 14 heavy (non-hydrogen) atoms. The van der Waals surface area contributed by atoms with Crippen LogP contribution in [0.2, 0.25) is 0 Å². The molecule has 0 aromatic heterocycles. The molecule has 1 atom stereocenters. The zero-order valence-electron chi connectivity index (χ0n) is 9.13. The van der Waals surface area contributed by atoms with E-state index in [2.05, 4.69) is 6.92 Å². The van der Waals surface area contributed by atoms with Crippen molar-refractivity contribution in [3.8, 4) is 0 Å². The van der Waals surface area contributed by atoms with Crippen LogP contribution >= 0.6 is 11.6 Å². The molecular formula is C10H21ClO2S. The summed E-state index contributed by atoms with van der Waals surface area (Å²) < 4.78 is 22.4. The molecule has 0 aliphatic rings. The van der Waals surface area contributed by atoms with E-state index in [4.69, 9.17) is 11.6 Å². The van der Waals surface area contributed by atoms with Gasteiger partial charge in [0, 0.05) is 11.6 Å². The molecule has 0 heterocycles. The monoisotopic (exact) mass is 240 g/mol. The minimum Gasteiger partial charge on any atom is -0.229 e. The van der Waals surface area contributed by atoms with Crippen molar-refractivity contribution in [1.29, 1.82) is 0 Å². The second-order valence-electron chi connectivity index (χ2n) is 3.69. The first-order chi connectivity index (χ1) is 6.55. The molecule has 0 aliphatic heterocycles. The molecular weight excluding hydrogens is 220 g/mol. The van der Waals surface area contributed by atoms with Crippen molar-refractivity contribution in [2.24, 2.45) is 5.92 Å². The fourth-order valence-corrected chi connectivity index (χ4v) is 2.65. The van der Waals surface area contributed by atoms with Crippen LogP contribution in [0.5, 0.6) is 0 Å². The number of hydrogen-bond acceptors (Lipinski definition) is 2. The van der Waals surface area contributed by atoms with Gasteiger partial charge in [0.25, 0.3) is 0 Å². The first-order valence-corrected chi connectivity index (χ1v) is 7.67. The lowest BCUT2D eigenvalue weighted by atomic mass is 10.0. The molecule has 0 aliphatic carbocycles. The standard InChI is InChI=1S/C10H21ClO2S/c1-3-6-10(9-11)7-5-8-14(12,13)4-2/h10H,3-9H2,1-2H3. The molecule has 0 rings (SSSR count). The van der Waals surface area contributed by atoms with Gasteiger partial charge < -0.3 is 0 Å². The molecule has 0 aromatic rings. The van der Waals surface area contributed by atoms with Crippen molar-refractivity contribution in [2.75, 3.05) is 17.4 Å². The van der Waals surface area contributed by atoms with Crippen molar-refractivity contribution in [1.82, 2.24) is 0 Å². The topological polar surface area (TPSA) is 34.1 Å². The highest BCUT2D eigenvalue weighted by Gasteiger charge is 2.10. The second-order valence-corrected chi connectivity index (χ2v) is 6.47. The van der Waals surface area contributed by atoms with E-state index in [9.17, 15) is 8.42 Å². The van der Waals surface area contributed by atoms with Crippen molar-refractivity contribution >= 4 is 21.4 Å². The highest BCUT2D eigenvalue weighted by molar-refractivity contribution is 7.91. The summed E-state index contributed by atoms with van der Waals surface area (Å²) in [5.41, 5.74) is 0. The van der Waals surface area contributed by atoms with Crippen molar-refractivity contribution < 1.29 is 8.42 Å². The molecule has 0 saturated heterocycles. The molecule has 0 N–H and O–H groups in total. The number of hydrogen-bond donors (Lipinski definition) is 0. The third kappa shape index (κ3) is 6.66. The zero-order valence-corrected chi connectivity index (χ0v) is 10.7. The number of rotatable bonds is 8. The predicted octanol–water partition coefficient (Wildman–Crippen LogP) is 2.86. The first-order valence-electron chi connectivity index (χ1n) is 5.32. The highest BCUT2D eigenvalue weighted by atomic mass is 35.5. The third-order valence-electron chi connectivity index (χ3n) is 2.42. The van der Waals surface area contributed by atoms with Gasteiger partial charge in [-0.2, -0.15) is 0 Å². The van der Waals surface area contributed by atoms with E-state index < -0.39 is 9.84 Å². The summed E-state index contributed by atoms with van der Waals surface area (Å²) in [6.07, 6.45) is 3.93. The van der Waals surface area contributed by atoms with Gasteiger partial charge in [-0.1, -0.05) is 20.3 Å². The maximum absolute atomic E-state index is 11.2. The van der Waals surface area contributed by atoms with Gasteiger partial charge in [0.1, 0.15) is 9.84 Å². The van der Waals surface area contributed by atoms with Crippen LogP contribution in [0.25, 0.3) is 0 Å². The van der Waals surface area contributed by atoms with Crippen molar-refractivity contribution in [2.45, 2.75) is 39.5 Å². The Hall–Kier alpha value is 0.240. The fourth-order valence-electron chi connectivity index (χ4n) is 1.44. The normalized spacial score (nSPS) is 14.2. The lowest BCUT2D eigenvalue weighted by Crippen LogP contribution is -2.11. The Morgan fingerprint density at radius 3 is 2.29 bits per heavy atom. The molecule has 0 bridgehead atoms. The maximum Gasteiger partial charge on any atom is 0.150 e. The Morgan fingerprint density at radius 1 is 1.21 bits per heavy atom. The van der Waals surface area contributed by atoms with Crippen LogP contribution in [-0.2, 0) is 9.84 Å². The quantitative estimate of drug-likeness (QED) is 0.612. The summed E-state index contributed by atoms with van der Waals surface area (Å²) in [6.45, 7) is 3.82. The highest BCUT2D eigenvalue weighted by Crippen LogP contribution is 2.15. The van der Waals surface area contributed by atoms with Crippen LogP contribution in [0.1, 0.15) is 39.5 Å². The number of alkyl halides is 1. The minimum atomic E-state index is -2.78. The molecule has 0 fully saturated rings. The van der Waals surface area contributed by atoms with Crippen LogP contribution in [0.3, 0.4) is 0 Å². The van der Waals surface area contributed by atoms with Gasteiger partial charge in [-0.3, -0.25) is 0 Å². The van der Waals surface area contributed by atoms with E-state index in [0.717, 1.165) is 25.7 Å². The summed E-state index contributed by atoms with van der Waals surface area (Å²) in [5, 5.41) is 0. The fraction of sp³-hybridized carbons (Fsp3) is 1.00. The third-order valence-corrected chi connectivity index (χ3v) is 4.65. The molecule has 0 aromatic carbocycles. The van der Waals surface area contributed by atoms with Gasteiger partial charge in [-0.25, -0.2) is 8.42 Å². The molecule has 0 spiro atoms.